The Balaban J connectivity index is 2.89. The molecule has 0 aliphatic heterocycles. The third-order valence-electron chi connectivity index (χ3n) is 1.64. The van der Waals surface area contributed by atoms with Crippen molar-refractivity contribution in [1.29, 1.82) is 0 Å². The van der Waals surface area contributed by atoms with E-state index in [1.165, 1.54) is 6.92 Å². The molecule has 3 nitrogen and oxygen atoms in total. The minimum absolute atomic E-state index is 0.264. The van der Waals surface area contributed by atoms with E-state index < -0.39 is 6.10 Å². The number of Topliss-reactive ketones (excluding diaryl/α,β-unsaturated/α-hetero) is 1. The molecule has 0 aliphatic carbocycles. The number of anilines is 1. The normalized spacial score (nSPS) is 12.5. The minimum Gasteiger partial charge on any atom is -0.399 e. The summed E-state index contributed by atoms with van der Waals surface area (Å²) in [5.74, 6) is -0.264. The van der Waals surface area contributed by atoms with E-state index in [4.69, 9.17) is 5.73 Å². The van der Waals surface area contributed by atoms with Gasteiger partial charge in [0, 0.05) is 5.69 Å². The van der Waals surface area contributed by atoms with E-state index >= 15 is 0 Å². The van der Waals surface area contributed by atoms with Gasteiger partial charge in [-0.2, -0.15) is 0 Å². The molecule has 3 N–H and O–H groups in total. The summed E-state index contributed by atoms with van der Waals surface area (Å²) >= 11 is 0. The van der Waals surface area contributed by atoms with E-state index in [1.54, 1.807) is 24.3 Å². The van der Waals surface area contributed by atoms with Gasteiger partial charge in [0.15, 0.2) is 5.78 Å². The van der Waals surface area contributed by atoms with Gasteiger partial charge in [-0.05, 0) is 24.6 Å². The lowest BCUT2D eigenvalue weighted by Gasteiger charge is -2.06. The molecule has 0 radical (unpaired) electrons. The van der Waals surface area contributed by atoms with E-state index in [9.17, 15) is 9.90 Å². The van der Waals surface area contributed by atoms with Crippen LogP contribution in [-0.2, 0) is 4.79 Å². The Bertz CT molecular complexity index is 279. The highest BCUT2D eigenvalue weighted by Gasteiger charge is 2.11. The number of aliphatic hydroxyl groups is 1. The van der Waals surface area contributed by atoms with Crippen LogP contribution in [0.4, 0.5) is 5.69 Å². The summed E-state index contributed by atoms with van der Waals surface area (Å²) in [5.41, 5.74) is 6.64. The lowest BCUT2D eigenvalue weighted by atomic mass is 10.1. The molecule has 0 amide bonds. The van der Waals surface area contributed by atoms with Crippen molar-refractivity contribution in [3.05, 3.63) is 29.8 Å². The zero-order chi connectivity index (χ0) is 9.14. The van der Waals surface area contributed by atoms with Crippen molar-refractivity contribution in [3.63, 3.8) is 0 Å². The van der Waals surface area contributed by atoms with Gasteiger partial charge in [0.2, 0.25) is 0 Å². The molecule has 1 rings (SSSR count). The first kappa shape index (κ1) is 8.74. The minimum atomic E-state index is -1.02. The van der Waals surface area contributed by atoms with Gasteiger partial charge in [-0.1, -0.05) is 12.1 Å². The number of aliphatic hydroxyl groups excluding tert-OH is 1. The van der Waals surface area contributed by atoms with Crippen LogP contribution in [0, 0.1) is 0 Å². The van der Waals surface area contributed by atoms with Gasteiger partial charge in [-0.3, -0.25) is 4.79 Å². The Kier molecular flexibility index (Phi) is 2.45. The zero-order valence-corrected chi connectivity index (χ0v) is 6.82. The van der Waals surface area contributed by atoms with Gasteiger partial charge in [0.05, 0.1) is 0 Å². The van der Waals surface area contributed by atoms with Crippen LogP contribution in [0.25, 0.3) is 0 Å². The first-order valence-electron chi connectivity index (χ1n) is 3.65. The zero-order valence-electron chi connectivity index (χ0n) is 6.82. The second kappa shape index (κ2) is 3.36. The number of nitrogens with two attached hydrogens (primary N) is 1. The molecule has 0 fully saturated rings. The molecule has 0 aliphatic rings. The number of hydrogen-bond acceptors (Lipinski definition) is 3. The standard InChI is InChI=1S/C9H11NO2/c1-6(11)9(12)7-2-4-8(10)5-3-7/h2-5,9,12H,10H2,1H3/t9-/m1/s1. The van der Waals surface area contributed by atoms with Crippen LogP contribution in [0.2, 0.25) is 0 Å². The Labute approximate surface area is 70.8 Å². The van der Waals surface area contributed by atoms with Crippen molar-refractivity contribution >= 4 is 11.5 Å². The van der Waals surface area contributed by atoms with Crippen LogP contribution >= 0.6 is 0 Å². The molecule has 0 unspecified atom stereocenters. The third kappa shape index (κ3) is 1.83. The Morgan fingerprint density at radius 1 is 1.42 bits per heavy atom. The Hall–Kier alpha value is -1.35. The number of benzene rings is 1. The second-order valence-electron chi connectivity index (χ2n) is 2.68. The number of nitrogen functional groups attached to an aromatic ring is 1. The van der Waals surface area contributed by atoms with E-state index in [1.807, 2.05) is 0 Å². The van der Waals surface area contributed by atoms with Crippen molar-refractivity contribution < 1.29 is 9.90 Å². The number of carbonyl (C=O) groups is 1. The highest BCUT2D eigenvalue weighted by atomic mass is 16.3. The fraction of sp³-hybridized carbons (Fsp3) is 0.222. The van der Waals surface area contributed by atoms with Gasteiger partial charge in [-0.15, -0.1) is 0 Å². The fourth-order valence-corrected chi connectivity index (χ4v) is 0.913. The molecule has 1 atom stereocenters. The van der Waals surface area contributed by atoms with Crippen LogP contribution in [0.1, 0.15) is 18.6 Å². The average Bonchev–Trinajstić information content (AvgIpc) is 2.04. The largest absolute Gasteiger partial charge is 0.399 e. The van der Waals surface area contributed by atoms with Crippen LogP contribution in [0.3, 0.4) is 0 Å². The molecule has 0 saturated heterocycles. The van der Waals surface area contributed by atoms with Crippen molar-refractivity contribution in [1.82, 2.24) is 0 Å². The number of ketones is 1. The Morgan fingerprint density at radius 2 is 1.92 bits per heavy atom. The summed E-state index contributed by atoms with van der Waals surface area (Å²) in [5, 5.41) is 9.30. The molecule has 0 bridgehead atoms. The summed E-state index contributed by atoms with van der Waals surface area (Å²) in [6.07, 6.45) is -1.02. The van der Waals surface area contributed by atoms with Gasteiger partial charge < -0.3 is 10.8 Å². The molecule has 64 valence electrons. The molecular weight excluding hydrogens is 154 g/mol. The summed E-state index contributed by atoms with van der Waals surface area (Å²) < 4.78 is 0. The summed E-state index contributed by atoms with van der Waals surface area (Å²) in [7, 11) is 0. The second-order valence-corrected chi connectivity index (χ2v) is 2.68. The molecule has 12 heavy (non-hydrogen) atoms. The number of carbonyl (C=O) groups excluding carboxylic acids is 1. The van der Waals surface area contributed by atoms with Gasteiger partial charge in [-0.25, -0.2) is 0 Å². The van der Waals surface area contributed by atoms with E-state index in [0.717, 1.165) is 0 Å². The fourth-order valence-electron chi connectivity index (χ4n) is 0.913. The van der Waals surface area contributed by atoms with Crippen molar-refractivity contribution in [2.75, 3.05) is 5.73 Å². The number of hydrogen-bond donors (Lipinski definition) is 2. The first-order valence-corrected chi connectivity index (χ1v) is 3.65. The van der Waals surface area contributed by atoms with Crippen LogP contribution in [0.5, 0.6) is 0 Å². The van der Waals surface area contributed by atoms with Crippen molar-refractivity contribution in [2.45, 2.75) is 13.0 Å². The Morgan fingerprint density at radius 3 is 2.33 bits per heavy atom. The molecule has 0 aromatic heterocycles. The van der Waals surface area contributed by atoms with E-state index in [0.29, 0.717) is 11.3 Å². The molecule has 0 heterocycles. The maximum Gasteiger partial charge on any atom is 0.162 e. The smallest absolute Gasteiger partial charge is 0.162 e. The summed E-state index contributed by atoms with van der Waals surface area (Å²) in [6, 6.07) is 6.59. The lowest BCUT2D eigenvalue weighted by Crippen LogP contribution is -2.07. The van der Waals surface area contributed by atoms with Gasteiger partial charge in [0.1, 0.15) is 6.10 Å². The molecule has 3 heteroatoms. The summed E-state index contributed by atoms with van der Waals surface area (Å²) in [4.78, 5) is 10.7. The van der Waals surface area contributed by atoms with Gasteiger partial charge in [0.25, 0.3) is 0 Å². The van der Waals surface area contributed by atoms with Crippen LogP contribution in [0.15, 0.2) is 24.3 Å². The quantitative estimate of drug-likeness (QED) is 0.640. The predicted octanol–water partition coefficient (Wildman–Crippen LogP) is 0.891. The topological polar surface area (TPSA) is 63.3 Å². The highest BCUT2D eigenvalue weighted by Crippen LogP contribution is 2.14. The van der Waals surface area contributed by atoms with Crippen molar-refractivity contribution in [2.24, 2.45) is 0 Å². The van der Waals surface area contributed by atoms with E-state index in [-0.39, 0.29) is 5.78 Å². The maximum absolute atomic E-state index is 10.7. The van der Waals surface area contributed by atoms with Crippen molar-refractivity contribution in [3.8, 4) is 0 Å². The number of rotatable bonds is 2. The molecule has 1 aromatic rings. The molecule has 0 spiro atoms. The van der Waals surface area contributed by atoms with Crippen LogP contribution in [-0.4, -0.2) is 10.9 Å². The van der Waals surface area contributed by atoms with E-state index in [2.05, 4.69) is 0 Å². The average molecular weight is 165 g/mol. The lowest BCUT2D eigenvalue weighted by molar-refractivity contribution is -0.125. The van der Waals surface area contributed by atoms with Gasteiger partial charge >= 0.3 is 0 Å². The summed E-state index contributed by atoms with van der Waals surface area (Å²) in [6.45, 7) is 1.35. The SMILES string of the molecule is CC(=O)[C@@H](O)c1ccc(N)cc1. The van der Waals surface area contributed by atoms with Crippen LogP contribution < -0.4 is 5.73 Å². The predicted molar refractivity (Wildman–Crippen MR) is 46.5 cm³/mol. The molecular formula is C9H11NO2. The third-order valence-corrected chi connectivity index (χ3v) is 1.64. The highest BCUT2D eigenvalue weighted by molar-refractivity contribution is 5.81. The monoisotopic (exact) mass is 165 g/mol. The molecule has 1 aromatic carbocycles. The maximum atomic E-state index is 10.7. The first-order chi connectivity index (χ1) is 5.61. The molecule has 0 saturated carbocycles.